The lowest BCUT2D eigenvalue weighted by molar-refractivity contribution is -0.141. The zero-order chi connectivity index (χ0) is 19.2. The fourth-order valence-corrected chi connectivity index (χ4v) is 3.04. The van der Waals surface area contributed by atoms with E-state index < -0.39 is 29.8 Å². The van der Waals surface area contributed by atoms with Crippen LogP contribution in [0.25, 0.3) is 0 Å². The molecule has 0 aromatic rings. The van der Waals surface area contributed by atoms with Gasteiger partial charge in [-0.25, -0.2) is 9.80 Å². The van der Waals surface area contributed by atoms with Crippen LogP contribution in [0.5, 0.6) is 0 Å². The summed E-state index contributed by atoms with van der Waals surface area (Å²) in [5, 5.41) is 15.2. The SMILES string of the molecule is CCOC(=O)C1=C[C@@H](OC(CC)CC)[C@@H](O)[C@H](N(N=O)C(C)(C)C)C1. The molecule has 7 heteroatoms. The molecule has 0 radical (unpaired) electrons. The van der Waals surface area contributed by atoms with Crippen LogP contribution in [0.15, 0.2) is 16.9 Å². The third-order valence-electron chi connectivity index (χ3n) is 4.41. The normalized spacial score (nSPS) is 24.0. The van der Waals surface area contributed by atoms with Crippen LogP contribution in [0.1, 0.15) is 60.8 Å². The Bertz CT molecular complexity index is 482. The second-order valence-electron chi connectivity index (χ2n) is 7.31. The number of nitrogens with zero attached hydrogens (tertiary/aromatic N) is 2. The van der Waals surface area contributed by atoms with Gasteiger partial charge in [0.25, 0.3) is 0 Å². The monoisotopic (exact) mass is 356 g/mol. The minimum atomic E-state index is -0.962. The topological polar surface area (TPSA) is 88.4 Å². The first kappa shape index (κ1) is 21.6. The van der Waals surface area contributed by atoms with Gasteiger partial charge in [0.05, 0.1) is 29.6 Å². The number of nitroso groups, excluding NO2 is 1. The van der Waals surface area contributed by atoms with Gasteiger partial charge >= 0.3 is 5.97 Å². The molecule has 0 spiro atoms. The molecule has 1 aliphatic carbocycles. The van der Waals surface area contributed by atoms with Crippen LogP contribution < -0.4 is 0 Å². The molecule has 7 nitrogen and oxygen atoms in total. The molecule has 144 valence electrons. The number of ether oxygens (including phenoxy) is 2. The minimum Gasteiger partial charge on any atom is -0.463 e. The quantitative estimate of drug-likeness (QED) is 0.409. The first-order valence-electron chi connectivity index (χ1n) is 9.03. The Hall–Kier alpha value is -1.47. The van der Waals surface area contributed by atoms with Crippen LogP contribution >= 0.6 is 0 Å². The second kappa shape index (κ2) is 9.29. The van der Waals surface area contributed by atoms with Gasteiger partial charge in [0.2, 0.25) is 0 Å². The molecule has 0 bridgehead atoms. The first-order chi connectivity index (χ1) is 11.7. The molecule has 0 heterocycles. The van der Waals surface area contributed by atoms with Gasteiger partial charge in [0, 0.05) is 12.0 Å². The van der Waals surface area contributed by atoms with Crippen LogP contribution in [0.3, 0.4) is 0 Å². The lowest BCUT2D eigenvalue weighted by Gasteiger charge is -2.43. The van der Waals surface area contributed by atoms with E-state index in [2.05, 4.69) is 5.29 Å². The van der Waals surface area contributed by atoms with Crippen molar-refractivity contribution in [2.45, 2.75) is 90.7 Å². The average molecular weight is 356 g/mol. The lowest BCUT2D eigenvalue weighted by Crippen LogP contribution is -2.55. The molecule has 0 amide bonds. The largest absolute Gasteiger partial charge is 0.463 e. The molecule has 25 heavy (non-hydrogen) atoms. The van der Waals surface area contributed by atoms with E-state index in [1.165, 1.54) is 5.01 Å². The molecular weight excluding hydrogens is 324 g/mol. The number of aliphatic hydroxyl groups is 1. The highest BCUT2D eigenvalue weighted by molar-refractivity contribution is 5.89. The molecule has 0 fully saturated rings. The van der Waals surface area contributed by atoms with Crippen LogP contribution in [-0.2, 0) is 14.3 Å². The van der Waals surface area contributed by atoms with Crippen molar-refractivity contribution in [2.24, 2.45) is 5.29 Å². The number of hydrogen-bond acceptors (Lipinski definition) is 6. The van der Waals surface area contributed by atoms with Crippen molar-refractivity contribution in [1.29, 1.82) is 0 Å². The highest BCUT2D eigenvalue weighted by atomic mass is 16.5. The Labute approximate surface area is 150 Å². The molecule has 1 aliphatic rings. The van der Waals surface area contributed by atoms with Crippen LogP contribution in [0.4, 0.5) is 0 Å². The van der Waals surface area contributed by atoms with Crippen molar-refractivity contribution < 1.29 is 19.4 Å². The number of hydrogen-bond donors (Lipinski definition) is 1. The van der Waals surface area contributed by atoms with Crippen molar-refractivity contribution in [3.63, 3.8) is 0 Å². The summed E-state index contributed by atoms with van der Waals surface area (Å²) >= 11 is 0. The number of rotatable bonds is 8. The summed E-state index contributed by atoms with van der Waals surface area (Å²) in [7, 11) is 0. The van der Waals surface area contributed by atoms with Gasteiger partial charge in [0.1, 0.15) is 12.2 Å². The zero-order valence-corrected chi connectivity index (χ0v) is 16.2. The maximum absolute atomic E-state index is 12.2. The predicted octanol–water partition coefficient (Wildman–Crippen LogP) is 2.96. The molecule has 0 aromatic carbocycles. The second-order valence-corrected chi connectivity index (χ2v) is 7.31. The maximum Gasteiger partial charge on any atom is 0.333 e. The summed E-state index contributed by atoms with van der Waals surface area (Å²) < 4.78 is 11.1. The van der Waals surface area contributed by atoms with Gasteiger partial charge in [-0.2, -0.15) is 0 Å². The zero-order valence-electron chi connectivity index (χ0n) is 16.2. The molecule has 0 aliphatic heterocycles. The van der Waals surface area contributed by atoms with Crippen molar-refractivity contribution in [1.82, 2.24) is 5.01 Å². The van der Waals surface area contributed by atoms with E-state index in [0.29, 0.717) is 5.57 Å². The third-order valence-corrected chi connectivity index (χ3v) is 4.41. The van der Waals surface area contributed by atoms with Crippen molar-refractivity contribution in [3.8, 4) is 0 Å². The smallest absolute Gasteiger partial charge is 0.333 e. The highest BCUT2D eigenvalue weighted by Gasteiger charge is 2.42. The van der Waals surface area contributed by atoms with E-state index in [-0.39, 0.29) is 19.1 Å². The van der Waals surface area contributed by atoms with Crippen LogP contribution in [0.2, 0.25) is 0 Å². The molecule has 3 atom stereocenters. The Kier molecular flexibility index (Phi) is 8.02. The van der Waals surface area contributed by atoms with Gasteiger partial charge < -0.3 is 14.6 Å². The van der Waals surface area contributed by atoms with Crippen LogP contribution in [0, 0.1) is 4.91 Å². The van der Waals surface area contributed by atoms with Crippen LogP contribution in [-0.4, -0.2) is 52.6 Å². The number of esters is 1. The van der Waals surface area contributed by atoms with Gasteiger partial charge in [-0.05, 0) is 46.6 Å². The summed E-state index contributed by atoms with van der Waals surface area (Å²) in [4.78, 5) is 23.7. The molecule has 0 unspecified atom stereocenters. The fraction of sp³-hybridized carbons (Fsp3) is 0.833. The van der Waals surface area contributed by atoms with E-state index in [4.69, 9.17) is 9.47 Å². The van der Waals surface area contributed by atoms with E-state index >= 15 is 0 Å². The summed E-state index contributed by atoms with van der Waals surface area (Å²) in [5.74, 6) is -0.447. The van der Waals surface area contributed by atoms with Gasteiger partial charge in [-0.15, -0.1) is 4.91 Å². The van der Waals surface area contributed by atoms with Gasteiger partial charge in [0.15, 0.2) is 0 Å². The number of aliphatic hydroxyl groups excluding tert-OH is 1. The first-order valence-corrected chi connectivity index (χ1v) is 9.03. The van der Waals surface area contributed by atoms with Crippen molar-refractivity contribution >= 4 is 5.97 Å². The third kappa shape index (κ3) is 5.51. The van der Waals surface area contributed by atoms with Crippen molar-refractivity contribution in [2.75, 3.05) is 6.61 Å². The Morgan fingerprint density at radius 3 is 2.40 bits per heavy atom. The van der Waals surface area contributed by atoms with Gasteiger partial charge in [-0.3, -0.25) is 0 Å². The van der Waals surface area contributed by atoms with E-state index in [0.717, 1.165) is 12.8 Å². The maximum atomic E-state index is 12.2. The summed E-state index contributed by atoms with van der Waals surface area (Å²) in [6, 6.07) is -0.652. The minimum absolute atomic E-state index is 0.0367. The van der Waals surface area contributed by atoms with Gasteiger partial charge in [-0.1, -0.05) is 13.8 Å². The molecule has 0 aromatic heterocycles. The molecule has 1 rings (SSSR count). The lowest BCUT2D eigenvalue weighted by atomic mass is 9.87. The standard InChI is InChI=1S/C18H32N2O5/c1-7-13(8-2)25-15-11-12(17(22)24-9-3)10-14(16(15)21)20(19-23)18(4,5)6/h11,13-16,21H,7-10H2,1-6H3/t14-,15-,16+/m1/s1. The van der Waals surface area contributed by atoms with Crippen molar-refractivity contribution in [3.05, 3.63) is 16.6 Å². The molecule has 0 saturated carbocycles. The summed E-state index contributed by atoms with van der Waals surface area (Å²) in [6.45, 7) is 11.5. The van der Waals surface area contributed by atoms with E-state index in [1.807, 2.05) is 34.6 Å². The highest BCUT2D eigenvalue weighted by Crippen LogP contribution is 2.31. The summed E-state index contributed by atoms with van der Waals surface area (Å²) in [6.07, 6.45) is 1.72. The molecule has 0 saturated heterocycles. The Balaban J connectivity index is 3.18. The Morgan fingerprint density at radius 2 is 1.96 bits per heavy atom. The van der Waals surface area contributed by atoms with E-state index in [1.54, 1.807) is 13.0 Å². The Morgan fingerprint density at radius 1 is 1.36 bits per heavy atom. The summed E-state index contributed by atoms with van der Waals surface area (Å²) in [5.41, 5.74) is -0.185. The average Bonchev–Trinajstić information content (AvgIpc) is 2.54. The molecular formula is C18H32N2O5. The predicted molar refractivity (Wildman–Crippen MR) is 95.8 cm³/mol. The number of carbonyl (C=O) groups excluding carboxylic acids is 1. The fourth-order valence-electron chi connectivity index (χ4n) is 3.04. The van der Waals surface area contributed by atoms with E-state index in [9.17, 15) is 14.8 Å². The number of carbonyl (C=O) groups is 1. The molecule has 1 N–H and O–H groups in total.